The monoisotopic (exact) mass is 283 g/mol. The standard InChI is InChI=1S/C13H21N3O2S/c1-2-6-15(12-4-3-5-14-8-12)9-11-7-13(16(17)18)19-10-11/h7,10,12,14H,2-6,8-9H2,1H3. The van der Waals surface area contributed by atoms with Crippen LogP contribution in [0.25, 0.3) is 0 Å². The molecule has 2 heterocycles. The van der Waals surface area contributed by atoms with E-state index in [4.69, 9.17) is 0 Å². The summed E-state index contributed by atoms with van der Waals surface area (Å²) in [5, 5.41) is 16.3. The van der Waals surface area contributed by atoms with E-state index in [9.17, 15) is 10.1 Å². The van der Waals surface area contributed by atoms with E-state index in [1.54, 1.807) is 6.07 Å². The first-order chi connectivity index (χ1) is 9.20. The Kier molecular flexibility index (Phi) is 5.30. The van der Waals surface area contributed by atoms with Gasteiger partial charge >= 0.3 is 5.00 Å². The molecule has 0 aromatic carbocycles. The highest BCUT2D eigenvalue weighted by atomic mass is 32.1. The maximum absolute atomic E-state index is 10.7. The molecule has 0 spiro atoms. The third-order valence-electron chi connectivity index (χ3n) is 3.50. The molecule has 0 radical (unpaired) electrons. The van der Waals surface area contributed by atoms with Crippen molar-refractivity contribution in [2.24, 2.45) is 0 Å². The molecule has 1 aromatic heterocycles. The summed E-state index contributed by atoms with van der Waals surface area (Å²) in [7, 11) is 0. The highest BCUT2D eigenvalue weighted by Gasteiger charge is 2.21. The van der Waals surface area contributed by atoms with Gasteiger partial charge in [-0.15, -0.1) is 0 Å². The minimum atomic E-state index is -0.305. The maximum Gasteiger partial charge on any atom is 0.324 e. The lowest BCUT2D eigenvalue weighted by Gasteiger charge is -2.34. The van der Waals surface area contributed by atoms with Crippen molar-refractivity contribution in [2.45, 2.75) is 38.8 Å². The van der Waals surface area contributed by atoms with E-state index in [-0.39, 0.29) is 9.92 Å². The number of rotatable bonds is 6. The highest BCUT2D eigenvalue weighted by Crippen LogP contribution is 2.24. The quantitative estimate of drug-likeness (QED) is 0.644. The van der Waals surface area contributed by atoms with Crippen molar-refractivity contribution in [3.8, 4) is 0 Å². The minimum absolute atomic E-state index is 0.244. The van der Waals surface area contributed by atoms with Crippen LogP contribution in [-0.4, -0.2) is 35.5 Å². The molecule has 106 valence electrons. The molecule has 1 atom stereocenters. The second-order valence-corrected chi connectivity index (χ2v) is 5.91. The first-order valence-corrected chi connectivity index (χ1v) is 7.75. The minimum Gasteiger partial charge on any atom is -0.315 e. The molecule has 1 unspecified atom stereocenters. The molecule has 0 amide bonds. The first kappa shape index (κ1) is 14.4. The van der Waals surface area contributed by atoms with Gasteiger partial charge in [0, 0.05) is 30.6 Å². The Morgan fingerprint density at radius 2 is 2.47 bits per heavy atom. The van der Waals surface area contributed by atoms with Crippen LogP contribution in [0.2, 0.25) is 0 Å². The van der Waals surface area contributed by atoms with Gasteiger partial charge < -0.3 is 5.32 Å². The van der Waals surface area contributed by atoms with Gasteiger partial charge in [0.05, 0.1) is 4.92 Å². The lowest BCUT2D eigenvalue weighted by molar-refractivity contribution is -0.380. The molecule has 1 aromatic rings. The predicted molar refractivity (Wildman–Crippen MR) is 77.6 cm³/mol. The summed E-state index contributed by atoms with van der Waals surface area (Å²) in [4.78, 5) is 12.9. The number of nitro groups is 1. The molecule has 0 saturated carbocycles. The van der Waals surface area contributed by atoms with Crippen LogP contribution in [0.3, 0.4) is 0 Å². The molecule has 2 rings (SSSR count). The Hall–Kier alpha value is -0.980. The largest absolute Gasteiger partial charge is 0.324 e. The van der Waals surface area contributed by atoms with E-state index in [2.05, 4.69) is 17.1 Å². The Morgan fingerprint density at radius 1 is 1.63 bits per heavy atom. The van der Waals surface area contributed by atoms with E-state index in [0.29, 0.717) is 6.04 Å². The van der Waals surface area contributed by atoms with E-state index in [1.165, 1.54) is 24.2 Å². The number of thiophene rings is 1. The van der Waals surface area contributed by atoms with Gasteiger partial charge in [-0.05, 0) is 37.9 Å². The van der Waals surface area contributed by atoms with E-state index < -0.39 is 0 Å². The number of piperidine rings is 1. The first-order valence-electron chi connectivity index (χ1n) is 6.87. The summed E-state index contributed by atoms with van der Waals surface area (Å²) in [6.07, 6.45) is 3.55. The molecule has 6 heteroatoms. The van der Waals surface area contributed by atoms with Crippen LogP contribution in [0.1, 0.15) is 31.7 Å². The molecule has 5 nitrogen and oxygen atoms in total. The van der Waals surface area contributed by atoms with Crippen molar-refractivity contribution in [1.29, 1.82) is 0 Å². The summed E-state index contributed by atoms with van der Waals surface area (Å²) >= 11 is 1.22. The van der Waals surface area contributed by atoms with Gasteiger partial charge in [0.15, 0.2) is 0 Å². The zero-order chi connectivity index (χ0) is 13.7. The van der Waals surface area contributed by atoms with Crippen molar-refractivity contribution in [1.82, 2.24) is 10.2 Å². The Balaban J connectivity index is 2.00. The third kappa shape index (κ3) is 3.99. The summed E-state index contributed by atoms with van der Waals surface area (Å²) in [6.45, 7) is 6.20. The Labute approximate surface area is 117 Å². The Morgan fingerprint density at radius 3 is 3.05 bits per heavy atom. The van der Waals surface area contributed by atoms with Crippen LogP contribution in [0, 0.1) is 10.1 Å². The number of hydrogen-bond donors (Lipinski definition) is 1. The third-order valence-corrected chi connectivity index (χ3v) is 4.43. The fourth-order valence-electron chi connectivity index (χ4n) is 2.60. The van der Waals surface area contributed by atoms with E-state index >= 15 is 0 Å². The van der Waals surface area contributed by atoms with Crippen molar-refractivity contribution in [2.75, 3.05) is 19.6 Å². The van der Waals surface area contributed by atoms with Gasteiger partial charge in [-0.3, -0.25) is 15.0 Å². The lowest BCUT2D eigenvalue weighted by Crippen LogP contribution is -2.45. The SMILES string of the molecule is CCCN(Cc1csc([N+](=O)[O-])c1)C1CCCNC1. The number of nitrogens with one attached hydrogen (secondary N) is 1. The Bertz CT molecular complexity index is 416. The van der Waals surface area contributed by atoms with Gasteiger partial charge in [-0.1, -0.05) is 18.3 Å². The molecule has 1 N–H and O–H groups in total. The topological polar surface area (TPSA) is 58.4 Å². The average molecular weight is 283 g/mol. The van der Waals surface area contributed by atoms with Gasteiger partial charge in [-0.2, -0.15) is 0 Å². The molecule has 19 heavy (non-hydrogen) atoms. The van der Waals surface area contributed by atoms with Crippen LogP contribution in [-0.2, 0) is 6.54 Å². The van der Waals surface area contributed by atoms with Crippen LogP contribution in [0.15, 0.2) is 11.4 Å². The molecular weight excluding hydrogens is 262 g/mol. The average Bonchev–Trinajstić information content (AvgIpc) is 2.88. The molecule has 0 aliphatic carbocycles. The molecule has 1 saturated heterocycles. The maximum atomic E-state index is 10.7. The summed E-state index contributed by atoms with van der Waals surface area (Å²) in [6, 6.07) is 2.27. The molecule has 1 fully saturated rings. The van der Waals surface area contributed by atoms with Crippen LogP contribution < -0.4 is 5.32 Å². The highest BCUT2D eigenvalue weighted by molar-refractivity contribution is 7.13. The van der Waals surface area contributed by atoms with Crippen LogP contribution in [0.5, 0.6) is 0 Å². The number of nitrogens with zero attached hydrogens (tertiary/aromatic N) is 2. The van der Waals surface area contributed by atoms with E-state index in [0.717, 1.165) is 38.2 Å². The smallest absolute Gasteiger partial charge is 0.315 e. The van der Waals surface area contributed by atoms with Crippen molar-refractivity contribution in [3.05, 3.63) is 27.1 Å². The van der Waals surface area contributed by atoms with Crippen molar-refractivity contribution in [3.63, 3.8) is 0 Å². The molecular formula is C13H21N3O2S. The zero-order valence-corrected chi connectivity index (χ0v) is 12.1. The van der Waals surface area contributed by atoms with Crippen LogP contribution in [0.4, 0.5) is 5.00 Å². The predicted octanol–water partition coefficient (Wildman–Crippen LogP) is 2.62. The normalized spacial score (nSPS) is 19.8. The molecule has 0 bridgehead atoms. The number of hydrogen-bond acceptors (Lipinski definition) is 5. The van der Waals surface area contributed by atoms with Gasteiger partial charge in [-0.25, -0.2) is 0 Å². The zero-order valence-electron chi connectivity index (χ0n) is 11.3. The van der Waals surface area contributed by atoms with Crippen LogP contribution >= 0.6 is 11.3 Å². The van der Waals surface area contributed by atoms with E-state index in [1.807, 2.05) is 5.38 Å². The summed E-state index contributed by atoms with van der Waals surface area (Å²) in [5.74, 6) is 0. The van der Waals surface area contributed by atoms with Gasteiger partial charge in [0.2, 0.25) is 0 Å². The van der Waals surface area contributed by atoms with Gasteiger partial charge in [0.1, 0.15) is 0 Å². The lowest BCUT2D eigenvalue weighted by atomic mass is 10.0. The summed E-state index contributed by atoms with van der Waals surface area (Å²) < 4.78 is 0. The fourth-order valence-corrected chi connectivity index (χ4v) is 3.32. The van der Waals surface area contributed by atoms with Gasteiger partial charge in [0.25, 0.3) is 0 Å². The second kappa shape index (κ2) is 6.98. The molecule has 1 aliphatic heterocycles. The second-order valence-electron chi connectivity index (χ2n) is 5.02. The van der Waals surface area contributed by atoms with Crippen molar-refractivity contribution < 1.29 is 4.92 Å². The summed E-state index contributed by atoms with van der Waals surface area (Å²) in [5.41, 5.74) is 1.07. The molecule has 1 aliphatic rings. The van der Waals surface area contributed by atoms with Crippen molar-refractivity contribution >= 4 is 16.3 Å². The fraction of sp³-hybridized carbons (Fsp3) is 0.692.